The second-order valence-corrected chi connectivity index (χ2v) is 9.40. The predicted molar refractivity (Wildman–Crippen MR) is 117 cm³/mol. The van der Waals surface area contributed by atoms with Gasteiger partial charge < -0.3 is 15.2 Å². The van der Waals surface area contributed by atoms with Gasteiger partial charge in [-0.15, -0.1) is 0 Å². The van der Waals surface area contributed by atoms with Crippen LogP contribution in [0.4, 0.5) is 17.6 Å². The van der Waals surface area contributed by atoms with E-state index in [0.29, 0.717) is 0 Å². The molecule has 2 aromatic heterocycles. The molecule has 190 valence electrons. The zero-order valence-electron chi connectivity index (χ0n) is 19.1. The fourth-order valence-corrected chi connectivity index (χ4v) is 5.21. The molecule has 2 atom stereocenters. The van der Waals surface area contributed by atoms with Gasteiger partial charge in [0, 0.05) is 25.0 Å². The number of halogens is 4. The number of nitrogens with zero attached hydrogens (tertiary/aromatic N) is 3. The third-order valence-corrected chi connectivity index (χ3v) is 6.81. The molecule has 0 saturated heterocycles. The summed E-state index contributed by atoms with van der Waals surface area (Å²) in [5, 5.41) is 14.8. The number of hydrogen-bond donors (Lipinski definition) is 3. The number of aromatic amines is 1. The van der Waals surface area contributed by atoms with E-state index in [1.54, 1.807) is 0 Å². The number of nitrogens with one attached hydrogen (secondary N) is 3. The fourth-order valence-electron chi connectivity index (χ4n) is 5.21. The zero-order valence-corrected chi connectivity index (χ0v) is 19.1. The molecule has 1 unspecified atom stereocenters. The van der Waals surface area contributed by atoms with Crippen molar-refractivity contribution in [1.82, 2.24) is 30.6 Å². The van der Waals surface area contributed by atoms with Crippen molar-refractivity contribution < 1.29 is 31.9 Å². The molecule has 36 heavy (non-hydrogen) atoms. The van der Waals surface area contributed by atoms with Crippen LogP contribution in [-0.2, 0) is 23.3 Å². The molecule has 3 N–H and O–H groups in total. The van der Waals surface area contributed by atoms with Crippen molar-refractivity contribution in [2.75, 3.05) is 0 Å². The summed E-state index contributed by atoms with van der Waals surface area (Å²) in [5.74, 6) is -6.32. The number of alkyl halides is 3. The molecule has 1 fully saturated rings. The maximum Gasteiger partial charge on any atom is 0.293 e. The lowest BCUT2D eigenvalue weighted by Gasteiger charge is -2.46. The fraction of sp³-hybridized carbons (Fsp3) is 0.435. The Bertz CT molecular complexity index is 1310. The average molecular weight is 506 g/mol. The number of ketones is 1. The highest BCUT2D eigenvalue weighted by Crippen LogP contribution is 2.51. The van der Waals surface area contributed by atoms with Crippen molar-refractivity contribution in [3.63, 3.8) is 0 Å². The normalized spacial score (nSPS) is 23.4. The number of H-pyrrole nitrogens is 1. The highest BCUT2D eigenvalue weighted by Gasteiger charge is 2.60. The van der Waals surface area contributed by atoms with Crippen LogP contribution in [-0.4, -0.2) is 55.7 Å². The molecule has 0 spiro atoms. The minimum atomic E-state index is -3.05. The summed E-state index contributed by atoms with van der Waals surface area (Å²) in [4.78, 5) is 39.4. The first-order valence-corrected chi connectivity index (χ1v) is 11.3. The summed E-state index contributed by atoms with van der Waals surface area (Å²) in [6, 6.07) is -0.504. The number of hydrogen-bond acceptors (Lipinski definition) is 5. The van der Waals surface area contributed by atoms with Gasteiger partial charge in [-0.1, -0.05) is 6.08 Å². The molecule has 0 bridgehead atoms. The van der Waals surface area contributed by atoms with Crippen molar-refractivity contribution >= 4 is 17.6 Å². The van der Waals surface area contributed by atoms with Gasteiger partial charge in [0.2, 0.25) is 0 Å². The number of carbonyl (C=O) groups is 3. The van der Waals surface area contributed by atoms with E-state index in [-0.39, 0.29) is 47.6 Å². The van der Waals surface area contributed by atoms with Crippen LogP contribution in [0, 0.1) is 6.92 Å². The van der Waals surface area contributed by atoms with Crippen molar-refractivity contribution in [2.45, 2.75) is 62.8 Å². The summed E-state index contributed by atoms with van der Waals surface area (Å²) in [7, 11) is 0. The Labute approximate surface area is 202 Å². The first kappa shape index (κ1) is 23.9. The molecule has 5 rings (SSSR count). The SMILES string of the molecule is Cc1c(C(=O)C(=O)NC2(c3cn[nH]n3)CC(F)(F)C2)c2n(c1C(=O)NC1C=CC(F)=CC1)C[C@H](F)C2. The summed E-state index contributed by atoms with van der Waals surface area (Å²) < 4.78 is 56.5. The van der Waals surface area contributed by atoms with E-state index in [9.17, 15) is 31.9 Å². The maximum absolute atomic E-state index is 14.3. The van der Waals surface area contributed by atoms with Gasteiger partial charge >= 0.3 is 0 Å². The molecule has 2 amide bonds. The number of fused-ring (bicyclic) bond motifs is 1. The highest BCUT2D eigenvalue weighted by atomic mass is 19.3. The topological polar surface area (TPSA) is 122 Å². The first-order chi connectivity index (χ1) is 17.0. The van der Waals surface area contributed by atoms with Crippen molar-refractivity contribution in [2.24, 2.45) is 0 Å². The summed E-state index contributed by atoms with van der Waals surface area (Å²) in [5.41, 5.74) is -1.28. The molecular formula is C23H22F4N6O3. The number of rotatable bonds is 6. The largest absolute Gasteiger partial charge is 0.344 e. The molecule has 13 heteroatoms. The van der Waals surface area contributed by atoms with Gasteiger partial charge in [0.25, 0.3) is 23.5 Å². The van der Waals surface area contributed by atoms with E-state index in [2.05, 4.69) is 26.0 Å². The van der Waals surface area contributed by atoms with Crippen molar-refractivity contribution in [1.29, 1.82) is 0 Å². The van der Waals surface area contributed by atoms with Crippen molar-refractivity contribution in [3.8, 4) is 0 Å². The summed E-state index contributed by atoms with van der Waals surface area (Å²) in [6.45, 7) is 1.28. The zero-order chi connectivity index (χ0) is 25.8. The van der Waals surface area contributed by atoms with E-state index in [0.717, 1.165) is 0 Å². The molecule has 2 aromatic rings. The van der Waals surface area contributed by atoms with Crippen LogP contribution in [0.15, 0.2) is 30.3 Å². The van der Waals surface area contributed by atoms with Gasteiger partial charge in [-0.2, -0.15) is 15.4 Å². The Kier molecular flexibility index (Phi) is 5.60. The van der Waals surface area contributed by atoms with E-state index in [1.165, 1.54) is 35.9 Å². The van der Waals surface area contributed by atoms with Crippen LogP contribution in [0.2, 0.25) is 0 Å². The van der Waals surface area contributed by atoms with Gasteiger partial charge in [-0.25, -0.2) is 17.6 Å². The molecule has 3 aliphatic rings. The molecule has 0 radical (unpaired) electrons. The van der Waals surface area contributed by atoms with Gasteiger partial charge in [-0.3, -0.25) is 14.4 Å². The molecule has 1 aliphatic heterocycles. The summed E-state index contributed by atoms with van der Waals surface area (Å²) in [6.07, 6.45) is 2.33. The van der Waals surface area contributed by atoms with Crippen molar-refractivity contribution in [3.05, 3.63) is 58.5 Å². The predicted octanol–water partition coefficient (Wildman–Crippen LogP) is 2.34. The molecule has 0 aromatic carbocycles. The van der Waals surface area contributed by atoms with Crippen LogP contribution >= 0.6 is 0 Å². The number of Topliss-reactive ketones (excluding diaryl/α,β-unsaturated/α-hetero) is 1. The number of carbonyl (C=O) groups excluding carboxylic acids is 3. The Morgan fingerprint density at radius 1 is 1.25 bits per heavy atom. The van der Waals surface area contributed by atoms with Crippen LogP contribution in [0.3, 0.4) is 0 Å². The Balaban J connectivity index is 1.42. The van der Waals surface area contributed by atoms with Crippen LogP contribution in [0.1, 0.15) is 57.1 Å². The van der Waals surface area contributed by atoms with Crippen LogP contribution in [0.25, 0.3) is 0 Å². The molecule has 1 saturated carbocycles. The minimum Gasteiger partial charge on any atom is -0.344 e. The van der Waals surface area contributed by atoms with Gasteiger partial charge in [0.05, 0.1) is 29.9 Å². The lowest BCUT2D eigenvalue weighted by Crippen LogP contribution is -2.61. The molecular weight excluding hydrogens is 484 g/mol. The third kappa shape index (κ3) is 4.01. The van der Waals surface area contributed by atoms with E-state index in [4.69, 9.17) is 0 Å². The van der Waals surface area contributed by atoms with E-state index in [1.807, 2.05) is 0 Å². The number of allylic oxidation sites excluding steroid dienone is 2. The van der Waals surface area contributed by atoms with Gasteiger partial charge in [-0.05, 0) is 31.1 Å². The lowest BCUT2D eigenvalue weighted by molar-refractivity contribution is -0.148. The number of amides is 2. The van der Waals surface area contributed by atoms with Crippen LogP contribution < -0.4 is 10.6 Å². The quantitative estimate of drug-likeness (QED) is 0.316. The third-order valence-electron chi connectivity index (χ3n) is 6.81. The monoisotopic (exact) mass is 506 g/mol. The Morgan fingerprint density at radius 2 is 2.00 bits per heavy atom. The Hall–Kier alpha value is -3.77. The highest BCUT2D eigenvalue weighted by molar-refractivity contribution is 6.43. The second kappa shape index (κ2) is 8.42. The van der Waals surface area contributed by atoms with Gasteiger partial charge in [0.15, 0.2) is 0 Å². The first-order valence-electron chi connectivity index (χ1n) is 11.3. The smallest absolute Gasteiger partial charge is 0.293 e. The number of aromatic nitrogens is 4. The van der Waals surface area contributed by atoms with E-state index >= 15 is 0 Å². The average Bonchev–Trinajstić information content (AvgIpc) is 3.49. The van der Waals surface area contributed by atoms with Gasteiger partial charge in [0.1, 0.15) is 23.4 Å². The summed E-state index contributed by atoms with van der Waals surface area (Å²) >= 11 is 0. The molecule has 9 nitrogen and oxygen atoms in total. The standard InChI is InChI=1S/C23H22F4N6O3/c1-11-17(19(34)21(36)30-22(9-23(26,27)10-22)16-7-28-32-31-16)15-6-13(25)8-33(15)18(11)20(35)29-14-4-2-12(24)3-5-14/h2-4,7,13-14H,5-6,8-10H2,1H3,(H,29,35)(H,30,36)(H,28,31,32)/t13-,14?/m1/s1. The second-order valence-electron chi connectivity index (χ2n) is 9.40. The maximum atomic E-state index is 14.3. The Morgan fingerprint density at radius 3 is 2.61 bits per heavy atom. The lowest BCUT2D eigenvalue weighted by atomic mass is 9.71. The molecule has 3 heterocycles. The minimum absolute atomic E-state index is 0.0196. The van der Waals surface area contributed by atoms with E-state index < -0.39 is 59.9 Å². The molecule has 2 aliphatic carbocycles. The van der Waals surface area contributed by atoms with Crippen LogP contribution in [0.5, 0.6) is 0 Å².